The number of amides is 1. The molecule has 1 saturated heterocycles. The zero-order chi connectivity index (χ0) is 23.0. The summed E-state index contributed by atoms with van der Waals surface area (Å²) in [5.41, 5.74) is 3.56. The van der Waals surface area contributed by atoms with Crippen molar-refractivity contribution in [2.75, 3.05) is 29.9 Å². The van der Waals surface area contributed by atoms with Crippen molar-refractivity contribution in [3.05, 3.63) is 52.4 Å². The first-order valence-corrected chi connectivity index (χ1v) is 11.0. The van der Waals surface area contributed by atoms with E-state index in [2.05, 4.69) is 22.5 Å². The van der Waals surface area contributed by atoms with Gasteiger partial charge in [0.25, 0.3) is 5.91 Å². The lowest BCUT2D eigenvalue weighted by Gasteiger charge is -2.37. The first-order valence-electron chi connectivity index (χ1n) is 11.0. The van der Waals surface area contributed by atoms with Gasteiger partial charge in [-0.3, -0.25) is 13.9 Å². The number of imidazole rings is 1. The maximum atomic E-state index is 13.3. The highest BCUT2D eigenvalue weighted by Crippen LogP contribution is 2.33. The minimum absolute atomic E-state index is 0.0450. The summed E-state index contributed by atoms with van der Waals surface area (Å²) in [5, 5.41) is 6.50. The van der Waals surface area contributed by atoms with Gasteiger partial charge in [0.15, 0.2) is 0 Å². The molecule has 0 unspecified atom stereocenters. The summed E-state index contributed by atoms with van der Waals surface area (Å²) < 4.78 is 9.09. The van der Waals surface area contributed by atoms with Gasteiger partial charge in [0, 0.05) is 39.8 Å². The van der Waals surface area contributed by atoms with Crippen LogP contribution < -0.4 is 26.0 Å². The second-order valence-electron chi connectivity index (χ2n) is 8.62. The SMILES string of the molecule is CC(C)Oc1ccccc1C(=O)Nc1cc2c(cc1N1CCNC[C@H]1C)n(C)c(=O)n2C. The number of aromatic nitrogens is 2. The van der Waals surface area contributed by atoms with Gasteiger partial charge in [-0.15, -0.1) is 0 Å². The molecular formula is C24H31N5O3. The fraction of sp³-hybridized carbons (Fsp3) is 0.417. The normalized spacial score (nSPS) is 16.6. The van der Waals surface area contributed by atoms with Gasteiger partial charge in [-0.05, 0) is 45.0 Å². The van der Waals surface area contributed by atoms with Crippen LogP contribution in [0.4, 0.5) is 11.4 Å². The molecule has 2 aromatic carbocycles. The monoisotopic (exact) mass is 437 g/mol. The van der Waals surface area contributed by atoms with Gasteiger partial charge in [0.2, 0.25) is 0 Å². The number of nitrogens with one attached hydrogen (secondary N) is 2. The van der Waals surface area contributed by atoms with Gasteiger partial charge in [0.1, 0.15) is 5.75 Å². The molecule has 8 nitrogen and oxygen atoms in total. The van der Waals surface area contributed by atoms with E-state index in [1.807, 2.05) is 38.1 Å². The molecule has 1 aliphatic rings. The number of anilines is 2. The molecule has 0 bridgehead atoms. The third-order valence-corrected chi connectivity index (χ3v) is 5.94. The summed E-state index contributed by atoms with van der Waals surface area (Å²) in [6.45, 7) is 8.53. The van der Waals surface area contributed by atoms with E-state index < -0.39 is 0 Å². The summed E-state index contributed by atoms with van der Waals surface area (Å²) in [4.78, 5) is 28.1. The Morgan fingerprint density at radius 2 is 1.84 bits per heavy atom. The van der Waals surface area contributed by atoms with Crippen LogP contribution in [0.3, 0.4) is 0 Å². The highest BCUT2D eigenvalue weighted by molar-refractivity contribution is 6.09. The van der Waals surface area contributed by atoms with Crippen LogP contribution in [0, 0.1) is 0 Å². The third-order valence-electron chi connectivity index (χ3n) is 5.94. The highest BCUT2D eigenvalue weighted by Gasteiger charge is 2.24. The summed E-state index contributed by atoms with van der Waals surface area (Å²) in [7, 11) is 3.52. The molecule has 0 saturated carbocycles. The summed E-state index contributed by atoms with van der Waals surface area (Å²) >= 11 is 0. The smallest absolute Gasteiger partial charge is 0.328 e. The van der Waals surface area contributed by atoms with Gasteiger partial charge in [-0.1, -0.05) is 12.1 Å². The molecule has 0 aliphatic carbocycles. The van der Waals surface area contributed by atoms with Crippen LogP contribution in [0.15, 0.2) is 41.2 Å². The van der Waals surface area contributed by atoms with Gasteiger partial charge >= 0.3 is 5.69 Å². The van der Waals surface area contributed by atoms with Crippen molar-refractivity contribution in [2.45, 2.75) is 32.9 Å². The third kappa shape index (κ3) is 3.98. The standard InChI is InChI=1S/C24H31N5O3/c1-15(2)32-22-9-7-6-8-17(22)23(30)26-18-12-20-21(28(5)24(31)27(20)4)13-19(18)29-11-10-25-14-16(29)3/h6-9,12-13,15-16,25H,10-11,14H2,1-5H3,(H,26,30)/t16-/m1/s1. The number of ether oxygens (including phenoxy) is 1. The number of para-hydroxylation sites is 1. The predicted molar refractivity (Wildman–Crippen MR) is 128 cm³/mol. The van der Waals surface area contributed by atoms with E-state index in [1.54, 1.807) is 35.4 Å². The Kier molecular flexibility index (Phi) is 5.97. The van der Waals surface area contributed by atoms with Crippen LogP contribution in [0.5, 0.6) is 5.75 Å². The highest BCUT2D eigenvalue weighted by atomic mass is 16.5. The maximum absolute atomic E-state index is 13.3. The largest absolute Gasteiger partial charge is 0.490 e. The Balaban J connectivity index is 1.80. The van der Waals surface area contributed by atoms with E-state index in [1.165, 1.54) is 0 Å². The van der Waals surface area contributed by atoms with E-state index in [9.17, 15) is 9.59 Å². The van der Waals surface area contributed by atoms with E-state index in [-0.39, 0.29) is 23.7 Å². The number of hydrogen-bond acceptors (Lipinski definition) is 5. The molecule has 4 rings (SSSR count). The first-order chi connectivity index (χ1) is 15.3. The second-order valence-corrected chi connectivity index (χ2v) is 8.62. The van der Waals surface area contributed by atoms with Crippen LogP contribution in [0.1, 0.15) is 31.1 Å². The van der Waals surface area contributed by atoms with E-state index in [4.69, 9.17) is 4.74 Å². The molecule has 8 heteroatoms. The van der Waals surface area contributed by atoms with Crippen LogP contribution in [0.25, 0.3) is 11.0 Å². The summed E-state index contributed by atoms with van der Waals surface area (Å²) in [5.74, 6) is 0.302. The average molecular weight is 438 g/mol. The van der Waals surface area contributed by atoms with E-state index in [0.717, 1.165) is 36.4 Å². The molecule has 1 aliphatic heterocycles. The van der Waals surface area contributed by atoms with Gasteiger partial charge in [-0.2, -0.15) is 0 Å². The van der Waals surface area contributed by atoms with Crippen molar-refractivity contribution in [2.24, 2.45) is 14.1 Å². The van der Waals surface area contributed by atoms with Crippen molar-refractivity contribution < 1.29 is 9.53 Å². The molecule has 1 amide bonds. The number of hydrogen-bond donors (Lipinski definition) is 2. The number of carbonyl (C=O) groups is 1. The van der Waals surface area contributed by atoms with Crippen LogP contribution in [-0.2, 0) is 14.1 Å². The Morgan fingerprint density at radius 1 is 1.16 bits per heavy atom. The number of rotatable bonds is 5. The van der Waals surface area contributed by atoms with Gasteiger partial charge in [0.05, 0.1) is 34.1 Å². The maximum Gasteiger partial charge on any atom is 0.328 e. The lowest BCUT2D eigenvalue weighted by atomic mass is 10.1. The van der Waals surface area contributed by atoms with Crippen molar-refractivity contribution in [3.8, 4) is 5.75 Å². The molecule has 2 N–H and O–H groups in total. The van der Waals surface area contributed by atoms with Crippen LogP contribution >= 0.6 is 0 Å². The van der Waals surface area contributed by atoms with Crippen LogP contribution in [-0.4, -0.2) is 46.8 Å². The minimum atomic E-state index is -0.245. The summed E-state index contributed by atoms with van der Waals surface area (Å²) in [6, 6.07) is 11.4. The van der Waals surface area contributed by atoms with E-state index in [0.29, 0.717) is 17.0 Å². The fourth-order valence-corrected chi connectivity index (χ4v) is 4.27. The number of aryl methyl sites for hydroxylation is 2. The molecule has 1 aromatic heterocycles. The molecule has 3 aromatic rings. The Morgan fingerprint density at radius 3 is 2.53 bits per heavy atom. The molecule has 2 heterocycles. The number of nitrogens with zero attached hydrogens (tertiary/aromatic N) is 3. The number of carbonyl (C=O) groups excluding carboxylic acids is 1. The lowest BCUT2D eigenvalue weighted by molar-refractivity contribution is 0.102. The molecule has 1 atom stereocenters. The van der Waals surface area contributed by atoms with Crippen molar-refractivity contribution in [1.29, 1.82) is 0 Å². The molecule has 170 valence electrons. The lowest BCUT2D eigenvalue weighted by Crippen LogP contribution is -2.50. The number of fused-ring (bicyclic) bond motifs is 1. The zero-order valence-corrected chi connectivity index (χ0v) is 19.3. The quantitative estimate of drug-likeness (QED) is 0.642. The van der Waals surface area contributed by atoms with Gasteiger partial charge < -0.3 is 20.3 Å². The van der Waals surface area contributed by atoms with E-state index >= 15 is 0 Å². The zero-order valence-electron chi connectivity index (χ0n) is 19.3. The molecule has 0 radical (unpaired) electrons. The Labute approximate surface area is 187 Å². The molecular weight excluding hydrogens is 406 g/mol. The molecule has 32 heavy (non-hydrogen) atoms. The predicted octanol–water partition coefficient (Wildman–Crippen LogP) is 2.71. The first kappa shape index (κ1) is 22.0. The number of piperazine rings is 1. The minimum Gasteiger partial charge on any atom is -0.490 e. The topological polar surface area (TPSA) is 80.5 Å². The van der Waals surface area contributed by atoms with Gasteiger partial charge in [-0.25, -0.2) is 4.79 Å². The van der Waals surface area contributed by atoms with Crippen molar-refractivity contribution >= 4 is 28.3 Å². The van der Waals surface area contributed by atoms with Crippen LogP contribution in [0.2, 0.25) is 0 Å². The Bertz CT molecular complexity index is 1210. The molecule has 1 fully saturated rings. The summed E-state index contributed by atoms with van der Waals surface area (Å²) in [6.07, 6.45) is -0.0450. The fourth-order valence-electron chi connectivity index (χ4n) is 4.27. The van der Waals surface area contributed by atoms with Crippen molar-refractivity contribution in [1.82, 2.24) is 14.5 Å². The second kappa shape index (κ2) is 8.70. The number of benzene rings is 2. The Hall–Kier alpha value is -3.26. The molecule has 0 spiro atoms. The van der Waals surface area contributed by atoms with Crippen molar-refractivity contribution in [3.63, 3.8) is 0 Å². The average Bonchev–Trinajstić information content (AvgIpc) is 2.97.